The summed E-state index contributed by atoms with van der Waals surface area (Å²) < 4.78 is 6.35. The van der Waals surface area contributed by atoms with Gasteiger partial charge >= 0.3 is 5.97 Å². The average molecular weight is 531 g/mol. The lowest BCUT2D eigenvalue weighted by atomic mass is 9.78. The van der Waals surface area contributed by atoms with Crippen LogP contribution in [0, 0.1) is 19.8 Å². The molecule has 4 rings (SSSR count). The Balaban J connectivity index is 1.74. The van der Waals surface area contributed by atoms with Crippen molar-refractivity contribution in [1.82, 2.24) is 4.90 Å². The van der Waals surface area contributed by atoms with Crippen molar-refractivity contribution in [2.75, 3.05) is 23.8 Å². The summed E-state index contributed by atoms with van der Waals surface area (Å²) in [4.78, 5) is 14.7. The summed E-state index contributed by atoms with van der Waals surface area (Å²) >= 11 is 0. The Morgan fingerprint density at radius 1 is 1.15 bits per heavy atom. The number of fused-ring (bicyclic) bond motifs is 1. The summed E-state index contributed by atoms with van der Waals surface area (Å²) in [5, 5.41) is 11.7. The molecule has 7 nitrogen and oxygen atoms in total. The van der Waals surface area contributed by atoms with Crippen LogP contribution in [0.25, 0.3) is 0 Å². The summed E-state index contributed by atoms with van der Waals surface area (Å²) in [5.74, 6) is 5.21. The molecule has 39 heavy (non-hydrogen) atoms. The van der Waals surface area contributed by atoms with Gasteiger partial charge in [-0.3, -0.25) is 9.69 Å². The Bertz CT molecular complexity index is 1350. The Hall–Kier alpha value is -3.55. The number of nitrogen functional groups attached to an aromatic ring is 1. The highest BCUT2D eigenvalue weighted by atomic mass is 16.5. The van der Waals surface area contributed by atoms with Gasteiger partial charge in [-0.2, -0.15) is 0 Å². The smallest absolute Gasteiger partial charge is 0.307 e. The molecule has 0 fully saturated rings. The fraction of sp³-hybridized carbons (Fsp3) is 0.406. The molecule has 1 aliphatic heterocycles. The summed E-state index contributed by atoms with van der Waals surface area (Å²) in [7, 11) is 0. The van der Waals surface area contributed by atoms with E-state index >= 15 is 0 Å². The number of nitrogens with zero attached hydrogens (tertiary/aromatic N) is 2. The largest absolute Gasteiger partial charge is 0.486 e. The maximum atomic E-state index is 12.3. The maximum Gasteiger partial charge on any atom is 0.307 e. The second kappa shape index (κ2) is 11.3. The van der Waals surface area contributed by atoms with Gasteiger partial charge in [-0.05, 0) is 74.6 Å². The molecule has 208 valence electrons. The average Bonchev–Trinajstić information content (AvgIpc) is 3.01. The van der Waals surface area contributed by atoms with Crippen LogP contribution in [0.3, 0.4) is 0 Å². The maximum absolute atomic E-state index is 12.3. The van der Waals surface area contributed by atoms with Gasteiger partial charge in [0.05, 0.1) is 17.3 Å². The van der Waals surface area contributed by atoms with E-state index in [2.05, 4.69) is 49.9 Å². The molecule has 0 saturated heterocycles. The first-order valence-electron chi connectivity index (χ1n) is 13.6. The van der Waals surface area contributed by atoms with Crippen molar-refractivity contribution >= 4 is 17.3 Å². The van der Waals surface area contributed by atoms with Crippen molar-refractivity contribution in [2.45, 2.75) is 66.2 Å². The van der Waals surface area contributed by atoms with Gasteiger partial charge in [0.15, 0.2) is 0 Å². The first-order valence-corrected chi connectivity index (χ1v) is 13.6. The molecule has 0 amide bonds. The SMILES string of the molecule is CCN(N)c1ccc(C(c2ccc(C)c(CN3Cc4ccccc4OC(C)(C)C3)c2)C(C)C(=O)O)c(C)c1N. The van der Waals surface area contributed by atoms with Gasteiger partial charge in [-0.1, -0.05) is 49.4 Å². The van der Waals surface area contributed by atoms with Crippen LogP contribution in [0.2, 0.25) is 0 Å². The first-order chi connectivity index (χ1) is 18.4. The Kier molecular flexibility index (Phi) is 8.23. The second-order valence-electron chi connectivity index (χ2n) is 11.4. The van der Waals surface area contributed by atoms with E-state index in [1.165, 1.54) is 16.7 Å². The molecular formula is C32H42N4O3. The molecule has 0 spiro atoms. The van der Waals surface area contributed by atoms with Crippen LogP contribution in [-0.4, -0.2) is 34.7 Å². The van der Waals surface area contributed by atoms with E-state index in [4.69, 9.17) is 16.3 Å². The summed E-state index contributed by atoms with van der Waals surface area (Å²) in [6, 6.07) is 18.4. The molecule has 0 saturated carbocycles. The minimum atomic E-state index is -0.846. The highest BCUT2D eigenvalue weighted by Crippen LogP contribution is 2.39. The third-order valence-corrected chi connectivity index (χ3v) is 7.89. The number of carboxylic acid groups (broad SMARTS) is 1. The fourth-order valence-electron chi connectivity index (χ4n) is 5.68. The zero-order chi connectivity index (χ0) is 28.5. The van der Waals surface area contributed by atoms with Crippen molar-refractivity contribution in [3.8, 4) is 5.75 Å². The van der Waals surface area contributed by atoms with Crippen molar-refractivity contribution in [3.63, 3.8) is 0 Å². The predicted octanol–water partition coefficient (Wildman–Crippen LogP) is 5.61. The van der Waals surface area contributed by atoms with Gasteiger partial charge in [0.1, 0.15) is 11.4 Å². The number of aryl methyl sites for hydroxylation is 1. The second-order valence-corrected chi connectivity index (χ2v) is 11.4. The Morgan fingerprint density at radius 2 is 1.87 bits per heavy atom. The molecule has 3 aromatic carbocycles. The quantitative estimate of drug-likeness (QED) is 0.197. The number of aliphatic carboxylic acids is 1. The summed E-state index contributed by atoms with van der Waals surface area (Å²) in [6.07, 6.45) is 0. The first kappa shape index (κ1) is 28.5. The minimum Gasteiger partial charge on any atom is -0.486 e. The number of para-hydroxylation sites is 1. The predicted molar refractivity (Wildman–Crippen MR) is 158 cm³/mol. The van der Waals surface area contributed by atoms with Gasteiger partial charge in [0, 0.05) is 37.7 Å². The molecule has 3 aromatic rings. The van der Waals surface area contributed by atoms with Gasteiger partial charge in [-0.25, -0.2) is 5.84 Å². The number of hydrogen-bond donors (Lipinski definition) is 3. The molecule has 1 aliphatic rings. The van der Waals surface area contributed by atoms with Crippen LogP contribution in [0.1, 0.15) is 67.0 Å². The van der Waals surface area contributed by atoms with Crippen molar-refractivity contribution in [1.29, 1.82) is 0 Å². The lowest BCUT2D eigenvalue weighted by Gasteiger charge is -2.30. The third kappa shape index (κ3) is 6.05. The zero-order valence-corrected chi connectivity index (χ0v) is 24.0. The number of anilines is 2. The molecule has 2 unspecified atom stereocenters. The molecule has 1 heterocycles. The molecule has 5 N–H and O–H groups in total. The molecular weight excluding hydrogens is 488 g/mol. The minimum absolute atomic E-state index is 0.343. The van der Waals surface area contributed by atoms with Gasteiger partial charge in [0.25, 0.3) is 0 Å². The van der Waals surface area contributed by atoms with Gasteiger partial charge in [0.2, 0.25) is 0 Å². The van der Waals surface area contributed by atoms with Crippen LogP contribution >= 0.6 is 0 Å². The van der Waals surface area contributed by atoms with E-state index in [1.807, 2.05) is 44.2 Å². The summed E-state index contributed by atoms with van der Waals surface area (Å²) in [5.41, 5.74) is 13.7. The third-order valence-electron chi connectivity index (χ3n) is 7.89. The van der Waals surface area contributed by atoms with E-state index in [1.54, 1.807) is 11.9 Å². The van der Waals surface area contributed by atoms with Crippen molar-refractivity contribution < 1.29 is 14.6 Å². The summed E-state index contributed by atoms with van der Waals surface area (Å²) in [6.45, 7) is 14.9. The number of rotatable bonds is 8. The molecule has 0 aliphatic carbocycles. The number of carboxylic acids is 1. The Morgan fingerprint density at radius 3 is 2.56 bits per heavy atom. The van der Waals surface area contributed by atoms with Crippen LogP contribution in [-0.2, 0) is 17.9 Å². The highest BCUT2D eigenvalue weighted by molar-refractivity contribution is 5.76. The van der Waals surface area contributed by atoms with Crippen molar-refractivity contribution in [2.24, 2.45) is 11.8 Å². The Labute approximate surface area is 232 Å². The molecule has 7 heteroatoms. The van der Waals surface area contributed by atoms with Crippen LogP contribution in [0.15, 0.2) is 54.6 Å². The standard InChI is InChI=1S/C32H42N4O3/c1-7-36(34)27-15-14-26(21(3)30(27)33)29(22(4)31(37)38)23-13-12-20(2)25(16-23)18-35-17-24-10-8-9-11-28(24)39-32(5,6)19-35/h8-16,22,29H,7,17-19,33-34H2,1-6H3,(H,37,38). The highest BCUT2D eigenvalue weighted by Gasteiger charge is 2.31. The lowest BCUT2D eigenvalue weighted by Crippen LogP contribution is -2.40. The van der Waals surface area contributed by atoms with Gasteiger partial charge in [-0.15, -0.1) is 0 Å². The molecule has 0 aromatic heterocycles. The number of carbonyl (C=O) groups is 1. The van der Waals surface area contributed by atoms with E-state index in [-0.39, 0.29) is 11.5 Å². The number of nitrogens with two attached hydrogens (primary N) is 2. The number of hydrazine groups is 1. The van der Waals surface area contributed by atoms with Crippen LogP contribution < -0.4 is 21.3 Å². The topological polar surface area (TPSA) is 105 Å². The number of benzene rings is 3. The van der Waals surface area contributed by atoms with Crippen LogP contribution in [0.5, 0.6) is 5.75 Å². The van der Waals surface area contributed by atoms with E-state index < -0.39 is 11.9 Å². The molecule has 0 radical (unpaired) electrons. The van der Waals surface area contributed by atoms with E-state index in [0.717, 1.165) is 47.8 Å². The normalized spacial score (nSPS) is 16.5. The van der Waals surface area contributed by atoms with E-state index in [9.17, 15) is 9.90 Å². The van der Waals surface area contributed by atoms with Crippen molar-refractivity contribution in [3.05, 3.63) is 88.0 Å². The zero-order valence-electron chi connectivity index (χ0n) is 24.0. The van der Waals surface area contributed by atoms with Crippen LogP contribution in [0.4, 0.5) is 11.4 Å². The number of ether oxygens (including phenoxy) is 1. The molecule has 2 atom stereocenters. The fourth-order valence-corrected chi connectivity index (χ4v) is 5.68. The number of hydrogen-bond acceptors (Lipinski definition) is 6. The lowest BCUT2D eigenvalue weighted by molar-refractivity contribution is -0.141. The monoisotopic (exact) mass is 530 g/mol. The molecule has 0 bridgehead atoms. The van der Waals surface area contributed by atoms with Gasteiger partial charge < -0.3 is 20.6 Å². The van der Waals surface area contributed by atoms with E-state index in [0.29, 0.717) is 12.2 Å².